The smallest absolute Gasteiger partial charge is 0.317 e. The van der Waals surface area contributed by atoms with Gasteiger partial charge in [-0.2, -0.15) is 0 Å². The molecule has 0 aromatic heterocycles. The molecule has 0 bridgehead atoms. The van der Waals surface area contributed by atoms with Gasteiger partial charge in [-0.05, 0) is 49.1 Å². The first-order valence-corrected chi connectivity index (χ1v) is 9.37. The zero-order valence-electron chi connectivity index (χ0n) is 14.9. The van der Waals surface area contributed by atoms with Gasteiger partial charge in [0.05, 0.1) is 13.0 Å². The number of hydrogen-bond acceptors (Lipinski definition) is 3. The Labute approximate surface area is 149 Å². The summed E-state index contributed by atoms with van der Waals surface area (Å²) in [5.74, 6) is -0.0147. The average molecular weight is 344 g/mol. The number of amides is 1. The van der Waals surface area contributed by atoms with Gasteiger partial charge in [0.2, 0.25) is 5.91 Å². The van der Waals surface area contributed by atoms with Gasteiger partial charge in [0, 0.05) is 18.6 Å². The number of carboxylic acid groups (broad SMARTS) is 1. The van der Waals surface area contributed by atoms with Gasteiger partial charge in [0.25, 0.3) is 0 Å². The van der Waals surface area contributed by atoms with E-state index < -0.39 is 5.97 Å². The van der Waals surface area contributed by atoms with E-state index in [-0.39, 0.29) is 18.5 Å². The Kier molecular flexibility index (Phi) is 5.74. The molecule has 2 saturated carbocycles. The number of hydrogen-bond donors (Lipinski definition) is 2. The second-order valence-corrected chi connectivity index (χ2v) is 7.46. The second-order valence-electron chi connectivity index (χ2n) is 7.46. The van der Waals surface area contributed by atoms with Crippen molar-refractivity contribution in [3.05, 3.63) is 35.4 Å². The third-order valence-corrected chi connectivity index (χ3v) is 5.37. The Hall–Kier alpha value is -1.88. The zero-order valence-corrected chi connectivity index (χ0v) is 14.9. The largest absolute Gasteiger partial charge is 0.480 e. The van der Waals surface area contributed by atoms with Crippen LogP contribution in [0.4, 0.5) is 0 Å². The van der Waals surface area contributed by atoms with Crippen molar-refractivity contribution < 1.29 is 14.7 Å². The van der Waals surface area contributed by atoms with E-state index in [2.05, 4.69) is 23.2 Å². The Morgan fingerprint density at radius 3 is 2.48 bits per heavy atom. The van der Waals surface area contributed by atoms with Crippen LogP contribution in [0.2, 0.25) is 0 Å². The molecule has 5 heteroatoms. The van der Waals surface area contributed by atoms with E-state index in [1.807, 2.05) is 18.2 Å². The van der Waals surface area contributed by atoms with Crippen LogP contribution >= 0.6 is 0 Å². The van der Waals surface area contributed by atoms with Gasteiger partial charge < -0.3 is 10.4 Å². The average Bonchev–Trinajstić information content (AvgIpc) is 3.34. The minimum atomic E-state index is -0.760. The fourth-order valence-electron chi connectivity index (χ4n) is 3.68. The minimum Gasteiger partial charge on any atom is -0.480 e. The van der Waals surface area contributed by atoms with Crippen LogP contribution in [0.15, 0.2) is 24.3 Å². The molecule has 5 nitrogen and oxygen atoms in total. The van der Waals surface area contributed by atoms with Gasteiger partial charge >= 0.3 is 5.97 Å². The van der Waals surface area contributed by atoms with Crippen LogP contribution in [-0.4, -0.2) is 47.1 Å². The molecule has 0 radical (unpaired) electrons. The van der Waals surface area contributed by atoms with Gasteiger partial charge in [0.1, 0.15) is 0 Å². The summed E-state index contributed by atoms with van der Waals surface area (Å²) in [6.45, 7) is 3.11. The Morgan fingerprint density at radius 1 is 1.20 bits per heavy atom. The predicted octanol–water partition coefficient (Wildman–Crippen LogP) is 2.24. The molecular weight excluding hydrogens is 316 g/mol. The van der Waals surface area contributed by atoms with Crippen LogP contribution in [0, 0.1) is 5.92 Å². The van der Waals surface area contributed by atoms with Gasteiger partial charge in [-0.15, -0.1) is 0 Å². The molecule has 0 spiro atoms. The number of aliphatic carboxylic acids is 1. The van der Waals surface area contributed by atoms with Crippen LogP contribution in [0.5, 0.6) is 0 Å². The van der Waals surface area contributed by atoms with E-state index in [0.717, 1.165) is 31.4 Å². The molecule has 1 amide bonds. The normalized spacial score (nSPS) is 22.5. The Balaban J connectivity index is 1.45. The molecule has 136 valence electrons. The van der Waals surface area contributed by atoms with Crippen LogP contribution in [-0.2, 0) is 22.4 Å². The first-order valence-electron chi connectivity index (χ1n) is 9.37. The number of aryl methyl sites for hydroxylation is 1. The predicted molar refractivity (Wildman–Crippen MR) is 96.4 cm³/mol. The van der Waals surface area contributed by atoms with Crippen molar-refractivity contribution in [3.63, 3.8) is 0 Å². The number of carboxylic acids is 1. The number of nitrogens with one attached hydrogen (secondary N) is 1. The molecule has 0 saturated heterocycles. The van der Waals surface area contributed by atoms with E-state index in [9.17, 15) is 9.59 Å². The second kappa shape index (κ2) is 8.00. The van der Waals surface area contributed by atoms with Crippen molar-refractivity contribution in [1.82, 2.24) is 10.2 Å². The fraction of sp³-hybridized carbons (Fsp3) is 0.600. The number of rotatable bonds is 9. The van der Waals surface area contributed by atoms with Gasteiger partial charge in [0.15, 0.2) is 0 Å². The molecule has 0 unspecified atom stereocenters. The quantitative estimate of drug-likeness (QED) is 0.721. The monoisotopic (exact) mass is 344 g/mol. The Morgan fingerprint density at radius 2 is 1.88 bits per heavy atom. The third-order valence-electron chi connectivity index (χ3n) is 5.37. The molecule has 1 aromatic rings. The van der Waals surface area contributed by atoms with Crippen molar-refractivity contribution in [2.75, 3.05) is 13.1 Å². The van der Waals surface area contributed by atoms with Crippen LogP contribution < -0.4 is 5.32 Å². The van der Waals surface area contributed by atoms with Crippen molar-refractivity contribution in [1.29, 1.82) is 0 Å². The van der Waals surface area contributed by atoms with Crippen molar-refractivity contribution in [2.24, 2.45) is 5.92 Å². The maximum absolute atomic E-state index is 12.3. The van der Waals surface area contributed by atoms with Crippen LogP contribution in [0.1, 0.15) is 43.7 Å². The summed E-state index contributed by atoms with van der Waals surface area (Å²) < 4.78 is 0. The lowest BCUT2D eigenvalue weighted by molar-refractivity contribution is -0.140. The van der Waals surface area contributed by atoms with E-state index in [0.29, 0.717) is 18.4 Å². The molecule has 3 rings (SSSR count). The molecule has 2 aliphatic rings. The van der Waals surface area contributed by atoms with E-state index in [1.165, 1.54) is 18.4 Å². The molecule has 1 aromatic carbocycles. The molecule has 2 N–H and O–H groups in total. The van der Waals surface area contributed by atoms with Crippen LogP contribution in [0.3, 0.4) is 0 Å². The summed E-state index contributed by atoms with van der Waals surface area (Å²) >= 11 is 0. The SMILES string of the molecule is CCc1ccccc1CC(=O)NC1CC(N(CC(=O)O)CC2CC2)C1. The van der Waals surface area contributed by atoms with Crippen molar-refractivity contribution >= 4 is 11.9 Å². The Bertz CT molecular complexity index is 621. The summed E-state index contributed by atoms with van der Waals surface area (Å²) in [6, 6.07) is 8.55. The number of benzene rings is 1. The molecule has 2 aliphatic carbocycles. The highest BCUT2D eigenvalue weighted by atomic mass is 16.4. The lowest BCUT2D eigenvalue weighted by Gasteiger charge is -2.42. The summed E-state index contributed by atoms with van der Waals surface area (Å²) in [5, 5.41) is 12.2. The summed E-state index contributed by atoms with van der Waals surface area (Å²) in [7, 11) is 0. The molecule has 2 fully saturated rings. The minimum absolute atomic E-state index is 0.0660. The number of nitrogens with zero attached hydrogens (tertiary/aromatic N) is 1. The topological polar surface area (TPSA) is 69.6 Å². The number of carbonyl (C=O) groups excluding carboxylic acids is 1. The van der Waals surface area contributed by atoms with E-state index >= 15 is 0 Å². The number of carbonyl (C=O) groups is 2. The molecule has 25 heavy (non-hydrogen) atoms. The highest BCUT2D eigenvalue weighted by molar-refractivity contribution is 5.79. The first kappa shape index (κ1) is 17.9. The van der Waals surface area contributed by atoms with E-state index in [1.54, 1.807) is 0 Å². The maximum Gasteiger partial charge on any atom is 0.317 e. The summed E-state index contributed by atoms with van der Waals surface area (Å²) in [4.78, 5) is 25.5. The lowest BCUT2D eigenvalue weighted by Crippen LogP contribution is -2.55. The first-order chi connectivity index (χ1) is 12.0. The van der Waals surface area contributed by atoms with Crippen molar-refractivity contribution in [3.8, 4) is 0 Å². The summed E-state index contributed by atoms with van der Waals surface area (Å²) in [6.07, 6.45) is 5.52. The van der Waals surface area contributed by atoms with Gasteiger partial charge in [-0.1, -0.05) is 31.2 Å². The maximum atomic E-state index is 12.3. The van der Waals surface area contributed by atoms with Crippen molar-refractivity contribution in [2.45, 2.75) is 57.5 Å². The van der Waals surface area contributed by atoms with Gasteiger partial charge in [-0.3, -0.25) is 14.5 Å². The third kappa shape index (κ3) is 5.05. The fourth-order valence-corrected chi connectivity index (χ4v) is 3.68. The highest BCUT2D eigenvalue weighted by Gasteiger charge is 2.37. The molecule has 0 aliphatic heterocycles. The molecule has 0 heterocycles. The summed E-state index contributed by atoms with van der Waals surface area (Å²) in [5.41, 5.74) is 2.32. The standard InChI is InChI=1S/C20H28N2O3/c1-2-15-5-3-4-6-16(15)9-19(23)21-17-10-18(11-17)22(13-20(24)25)12-14-7-8-14/h3-6,14,17-18H,2,7-13H2,1H3,(H,21,23)(H,24,25). The molecule has 0 atom stereocenters. The lowest BCUT2D eigenvalue weighted by atomic mass is 9.85. The molecular formula is C20H28N2O3. The van der Waals surface area contributed by atoms with E-state index in [4.69, 9.17) is 5.11 Å². The van der Waals surface area contributed by atoms with Crippen LogP contribution in [0.25, 0.3) is 0 Å². The van der Waals surface area contributed by atoms with Gasteiger partial charge in [-0.25, -0.2) is 0 Å². The highest BCUT2D eigenvalue weighted by Crippen LogP contribution is 2.33. The zero-order chi connectivity index (χ0) is 17.8.